The fourth-order valence-electron chi connectivity index (χ4n) is 9.19. The minimum atomic E-state index is -0.361. The molecule has 182 valence electrons. The predicted molar refractivity (Wildman–Crippen MR) is 123 cm³/mol. The van der Waals surface area contributed by atoms with E-state index >= 15 is 0 Å². The molecule has 5 nitrogen and oxygen atoms in total. The summed E-state index contributed by atoms with van der Waals surface area (Å²) < 4.78 is 10.9. The minimum absolute atomic E-state index is 0.0202. The van der Waals surface area contributed by atoms with Crippen LogP contribution in [0, 0.1) is 46.3 Å². The fourth-order valence-corrected chi connectivity index (χ4v) is 9.19. The summed E-state index contributed by atoms with van der Waals surface area (Å²) in [6.07, 6.45) is 9.93. The zero-order valence-electron chi connectivity index (χ0n) is 20.8. The molecule has 10 atom stereocenters. The SMILES string of the molecule is COC(=O)CCC(C)C1CC(O)C2C3C(OC(C)=O)CC4CCCCC4(C)C3CCC12C. The maximum absolute atomic E-state index is 12.1. The van der Waals surface area contributed by atoms with Crippen LogP contribution < -0.4 is 0 Å². The van der Waals surface area contributed by atoms with Crippen molar-refractivity contribution in [2.45, 2.75) is 104 Å². The Morgan fingerprint density at radius 3 is 2.53 bits per heavy atom. The van der Waals surface area contributed by atoms with E-state index in [0.717, 1.165) is 32.1 Å². The molecule has 4 fully saturated rings. The molecule has 0 aliphatic heterocycles. The van der Waals surface area contributed by atoms with Gasteiger partial charge in [0.1, 0.15) is 6.10 Å². The molecular weight excluding hydrogens is 404 g/mol. The Kier molecular flexibility index (Phi) is 6.70. The highest BCUT2D eigenvalue weighted by molar-refractivity contribution is 5.69. The summed E-state index contributed by atoms with van der Waals surface area (Å²) >= 11 is 0. The van der Waals surface area contributed by atoms with E-state index in [1.165, 1.54) is 39.7 Å². The molecule has 0 radical (unpaired) electrons. The van der Waals surface area contributed by atoms with Gasteiger partial charge in [-0.2, -0.15) is 0 Å². The molecule has 10 unspecified atom stereocenters. The minimum Gasteiger partial charge on any atom is -0.469 e. The molecule has 32 heavy (non-hydrogen) atoms. The fraction of sp³-hybridized carbons (Fsp3) is 0.926. The number of hydrogen-bond acceptors (Lipinski definition) is 5. The van der Waals surface area contributed by atoms with Crippen molar-refractivity contribution in [2.75, 3.05) is 7.11 Å². The van der Waals surface area contributed by atoms with Crippen LogP contribution >= 0.6 is 0 Å². The van der Waals surface area contributed by atoms with E-state index in [1.807, 2.05) is 0 Å². The molecule has 0 aromatic heterocycles. The summed E-state index contributed by atoms with van der Waals surface area (Å²) in [6, 6.07) is 0. The number of aliphatic hydroxyl groups is 1. The first-order valence-electron chi connectivity index (χ1n) is 13.0. The van der Waals surface area contributed by atoms with Gasteiger partial charge in [0, 0.05) is 19.3 Å². The van der Waals surface area contributed by atoms with E-state index in [-0.39, 0.29) is 41.4 Å². The Labute approximate surface area is 194 Å². The number of carbonyl (C=O) groups is 2. The Morgan fingerprint density at radius 2 is 1.84 bits per heavy atom. The van der Waals surface area contributed by atoms with Gasteiger partial charge < -0.3 is 14.6 Å². The Bertz CT molecular complexity index is 721. The number of ether oxygens (including phenoxy) is 2. The van der Waals surface area contributed by atoms with Crippen LogP contribution in [0.2, 0.25) is 0 Å². The van der Waals surface area contributed by atoms with Crippen molar-refractivity contribution in [3.63, 3.8) is 0 Å². The molecule has 4 aliphatic rings. The third-order valence-corrected chi connectivity index (χ3v) is 10.7. The van der Waals surface area contributed by atoms with E-state index in [9.17, 15) is 14.7 Å². The summed E-state index contributed by atoms with van der Waals surface area (Å²) in [5.41, 5.74) is 0.321. The van der Waals surface area contributed by atoms with Crippen LogP contribution in [0.5, 0.6) is 0 Å². The molecule has 0 bridgehead atoms. The lowest BCUT2D eigenvalue weighted by Crippen LogP contribution is -2.59. The first-order chi connectivity index (χ1) is 15.1. The molecule has 4 rings (SSSR count). The van der Waals surface area contributed by atoms with Gasteiger partial charge in [0.25, 0.3) is 0 Å². The smallest absolute Gasteiger partial charge is 0.305 e. The first-order valence-corrected chi connectivity index (χ1v) is 13.0. The lowest BCUT2D eigenvalue weighted by Gasteiger charge is -2.62. The zero-order valence-corrected chi connectivity index (χ0v) is 20.8. The summed E-state index contributed by atoms with van der Waals surface area (Å²) in [5, 5.41) is 11.5. The average molecular weight is 449 g/mol. The van der Waals surface area contributed by atoms with E-state index in [2.05, 4.69) is 20.8 Å². The molecular formula is C27H44O5. The number of esters is 2. The van der Waals surface area contributed by atoms with Crippen LogP contribution in [0.4, 0.5) is 0 Å². The number of hydrogen-bond donors (Lipinski definition) is 1. The summed E-state index contributed by atoms with van der Waals surface area (Å²) in [5.74, 6) is 1.94. The van der Waals surface area contributed by atoms with Crippen molar-refractivity contribution >= 4 is 11.9 Å². The standard InChI is InChI=1S/C27H44O5/c1-16(9-10-23(30)31-5)20-15-21(29)25-24-19(11-13-27(20,25)4)26(3)12-7-6-8-18(26)14-22(24)32-17(2)28/h16,18-22,24-25,29H,6-15H2,1-5H3. The van der Waals surface area contributed by atoms with E-state index in [4.69, 9.17) is 9.47 Å². The van der Waals surface area contributed by atoms with Gasteiger partial charge in [-0.3, -0.25) is 9.59 Å². The highest BCUT2D eigenvalue weighted by atomic mass is 16.5. The van der Waals surface area contributed by atoms with Gasteiger partial charge in [-0.15, -0.1) is 0 Å². The molecule has 0 amide bonds. The molecule has 5 heteroatoms. The molecule has 0 spiro atoms. The van der Waals surface area contributed by atoms with Gasteiger partial charge in [-0.05, 0) is 85.4 Å². The van der Waals surface area contributed by atoms with Crippen LogP contribution in [0.3, 0.4) is 0 Å². The maximum atomic E-state index is 12.1. The number of aliphatic hydroxyl groups excluding tert-OH is 1. The molecule has 1 N–H and O–H groups in total. The normalized spacial score (nSPS) is 46.4. The topological polar surface area (TPSA) is 72.8 Å². The summed E-state index contributed by atoms with van der Waals surface area (Å²) in [7, 11) is 1.45. The second-order valence-electron chi connectivity index (χ2n) is 12.1. The van der Waals surface area contributed by atoms with Gasteiger partial charge in [-0.1, -0.05) is 33.6 Å². The van der Waals surface area contributed by atoms with Gasteiger partial charge in [0.05, 0.1) is 13.2 Å². The number of carbonyl (C=O) groups excluding carboxylic acids is 2. The van der Waals surface area contributed by atoms with Crippen LogP contribution in [-0.2, 0) is 19.1 Å². The average Bonchev–Trinajstić information content (AvgIpc) is 3.02. The Hall–Kier alpha value is -1.10. The van der Waals surface area contributed by atoms with Gasteiger partial charge in [0.2, 0.25) is 0 Å². The third kappa shape index (κ3) is 3.91. The van der Waals surface area contributed by atoms with Crippen molar-refractivity contribution in [1.82, 2.24) is 0 Å². The van der Waals surface area contributed by atoms with E-state index < -0.39 is 0 Å². The summed E-state index contributed by atoms with van der Waals surface area (Å²) in [4.78, 5) is 23.8. The largest absolute Gasteiger partial charge is 0.469 e. The van der Waals surface area contributed by atoms with Gasteiger partial charge in [-0.25, -0.2) is 0 Å². The van der Waals surface area contributed by atoms with Crippen molar-refractivity contribution in [2.24, 2.45) is 46.3 Å². The number of rotatable bonds is 5. The van der Waals surface area contributed by atoms with Gasteiger partial charge in [0.15, 0.2) is 0 Å². The molecule has 4 aliphatic carbocycles. The van der Waals surface area contributed by atoms with E-state index in [1.54, 1.807) is 0 Å². The van der Waals surface area contributed by atoms with Crippen molar-refractivity contribution in [3.8, 4) is 0 Å². The molecule has 0 aromatic carbocycles. The Morgan fingerprint density at radius 1 is 1.09 bits per heavy atom. The second kappa shape index (κ2) is 8.92. The lowest BCUT2D eigenvalue weighted by molar-refractivity contribution is -0.196. The first kappa shape index (κ1) is 24.0. The van der Waals surface area contributed by atoms with Crippen molar-refractivity contribution in [1.29, 1.82) is 0 Å². The van der Waals surface area contributed by atoms with Crippen molar-refractivity contribution in [3.05, 3.63) is 0 Å². The third-order valence-electron chi connectivity index (χ3n) is 10.7. The quantitative estimate of drug-likeness (QED) is 0.590. The molecule has 0 aromatic rings. The molecule has 0 heterocycles. The zero-order chi connectivity index (χ0) is 23.3. The second-order valence-corrected chi connectivity index (χ2v) is 12.1. The Balaban J connectivity index is 1.63. The lowest BCUT2D eigenvalue weighted by atomic mass is 9.43. The predicted octanol–water partition coefficient (Wildman–Crippen LogP) is 5.14. The molecule has 0 saturated heterocycles. The number of fused-ring (bicyclic) bond motifs is 5. The van der Waals surface area contributed by atoms with Crippen LogP contribution in [-0.4, -0.2) is 36.4 Å². The number of methoxy groups -OCH3 is 1. The van der Waals surface area contributed by atoms with Crippen molar-refractivity contribution < 1.29 is 24.2 Å². The van der Waals surface area contributed by atoms with Gasteiger partial charge >= 0.3 is 11.9 Å². The highest BCUT2D eigenvalue weighted by Crippen LogP contribution is 2.68. The van der Waals surface area contributed by atoms with Crippen LogP contribution in [0.1, 0.15) is 91.9 Å². The highest BCUT2D eigenvalue weighted by Gasteiger charge is 2.65. The van der Waals surface area contributed by atoms with E-state index in [0.29, 0.717) is 35.5 Å². The maximum Gasteiger partial charge on any atom is 0.305 e. The summed E-state index contributed by atoms with van der Waals surface area (Å²) in [6.45, 7) is 8.65. The monoisotopic (exact) mass is 448 g/mol. The molecule has 4 saturated carbocycles. The van der Waals surface area contributed by atoms with Crippen LogP contribution in [0.25, 0.3) is 0 Å². The van der Waals surface area contributed by atoms with Crippen LogP contribution in [0.15, 0.2) is 0 Å².